The van der Waals surface area contributed by atoms with E-state index in [0.717, 1.165) is 27.5 Å². The highest BCUT2D eigenvalue weighted by Gasteiger charge is 2.16. The molecule has 0 spiro atoms. The number of rotatable bonds is 6. The highest BCUT2D eigenvalue weighted by Crippen LogP contribution is 2.17. The van der Waals surface area contributed by atoms with Gasteiger partial charge in [-0.2, -0.15) is 8.78 Å². The molecule has 0 radical (unpaired) electrons. The van der Waals surface area contributed by atoms with E-state index in [1.165, 1.54) is 0 Å². The molecule has 1 heterocycles. The van der Waals surface area contributed by atoms with Crippen molar-refractivity contribution >= 4 is 27.4 Å². The van der Waals surface area contributed by atoms with Gasteiger partial charge in [-0.1, -0.05) is 18.7 Å². The zero-order chi connectivity index (χ0) is 20.5. The summed E-state index contributed by atoms with van der Waals surface area (Å²) < 4.78 is 57.5. The van der Waals surface area contributed by atoms with Gasteiger partial charge in [-0.25, -0.2) is 8.42 Å². The first-order valence-electron chi connectivity index (χ1n) is 8.85. The van der Waals surface area contributed by atoms with Crippen LogP contribution in [0.3, 0.4) is 0 Å². The fourth-order valence-electron chi connectivity index (χ4n) is 3.20. The fourth-order valence-corrected chi connectivity index (χ4v) is 3.85. The van der Waals surface area contributed by atoms with Gasteiger partial charge in [-0.15, -0.1) is 0 Å². The van der Waals surface area contributed by atoms with Crippen LogP contribution in [0.1, 0.15) is 25.8 Å². The molecule has 2 aliphatic rings. The van der Waals surface area contributed by atoms with Gasteiger partial charge in [0.1, 0.15) is 5.76 Å². The zero-order valence-corrected chi connectivity index (χ0v) is 16.5. The first-order valence-corrected chi connectivity index (χ1v) is 10.5. The standard InChI is InChI=1S/C20H22F2N2O3S/c1-4-28(25,26)23-16-8-5-14(6-9-16)18-11-15-7-10-17(27-20(21)22)12-19(15)24(18)13(2)3/h5,8-12,20,23H,2,4,6-7H2,1,3H3. The van der Waals surface area contributed by atoms with Crippen molar-refractivity contribution in [3.05, 3.63) is 64.7 Å². The summed E-state index contributed by atoms with van der Waals surface area (Å²) in [6, 6.07) is 2.00. The van der Waals surface area contributed by atoms with Crippen molar-refractivity contribution in [2.75, 3.05) is 5.75 Å². The third-order valence-electron chi connectivity index (χ3n) is 4.52. The van der Waals surface area contributed by atoms with Crippen LogP contribution in [-0.2, 0) is 21.2 Å². The number of hydrogen-bond acceptors (Lipinski definition) is 3. The molecular weight excluding hydrogens is 386 g/mol. The molecule has 1 aromatic rings. The van der Waals surface area contributed by atoms with Crippen LogP contribution in [0.15, 0.2) is 48.4 Å². The molecule has 8 heteroatoms. The van der Waals surface area contributed by atoms with E-state index in [4.69, 9.17) is 0 Å². The van der Waals surface area contributed by atoms with Gasteiger partial charge in [-0.3, -0.25) is 4.72 Å². The van der Waals surface area contributed by atoms with Crippen molar-refractivity contribution < 1.29 is 21.9 Å². The topological polar surface area (TPSA) is 60.3 Å². The quantitative estimate of drug-likeness (QED) is 0.786. The molecule has 0 aliphatic heterocycles. The number of alkyl halides is 2. The predicted octanol–water partition coefficient (Wildman–Crippen LogP) is 2.37. The molecule has 28 heavy (non-hydrogen) atoms. The normalized spacial score (nSPS) is 18.2. The monoisotopic (exact) mass is 408 g/mol. The number of aromatic nitrogens is 1. The highest BCUT2D eigenvalue weighted by atomic mass is 32.2. The van der Waals surface area contributed by atoms with Crippen molar-refractivity contribution in [2.45, 2.75) is 33.3 Å². The lowest BCUT2D eigenvalue weighted by molar-refractivity contribution is -0.0905. The highest BCUT2D eigenvalue weighted by molar-refractivity contribution is 7.89. The van der Waals surface area contributed by atoms with Crippen LogP contribution in [0.4, 0.5) is 8.78 Å². The molecule has 150 valence electrons. The van der Waals surface area contributed by atoms with Crippen LogP contribution < -0.4 is 15.4 Å². The van der Waals surface area contributed by atoms with Crippen LogP contribution in [0.5, 0.6) is 0 Å². The summed E-state index contributed by atoms with van der Waals surface area (Å²) in [6.45, 7) is 4.56. The van der Waals surface area contributed by atoms with Gasteiger partial charge in [0.05, 0.1) is 11.1 Å². The second-order valence-corrected chi connectivity index (χ2v) is 8.58. The van der Waals surface area contributed by atoms with E-state index >= 15 is 0 Å². The Kier molecular flexibility index (Phi) is 5.60. The second-order valence-electron chi connectivity index (χ2n) is 6.57. The third-order valence-corrected chi connectivity index (χ3v) is 5.83. The Morgan fingerprint density at radius 2 is 2.07 bits per heavy atom. The first kappa shape index (κ1) is 20.1. The molecule has 0 amide bonds. The number of nitrogens with zero attached hydrogens (tertiary/aromatic N) is 1. The molecule has 0 saturated heterocycles. The maximum absolute atomic E-state index is 12.6. The number of allylic oxidation sites excluding steroid dienone is 6. The summed E-state index contributed by atoms with van der Waals surface area (Å²) in [5, 5.41) is 1.66. The Morgan fingerprint density at radius 3 is 2.64 bits per heavy atom. The van der Waals surface area contributed by atoms with Gasteiger partial charge < -0.3 is 9.30 Å². The molecule has 5 nitrogen and oxygen atoms in total. The number of fused-ring (bicyclic) bond motifs is 1. The fraction of sp³-hybridized carbons (Fsp3) is 0.300. The summed E-state index contributed by atoms with van der Waals surface area (Å²) in [4.78, 5) is 0. The summed E-state index contributed by atoms with van der Waals surface area (Å²) in [5.74, 6) is 0.140. The van der Waals surface area contributed by atoms with E-state index in [1.807, 2.05) is 29.7 Å². The van der Waals surface area contributed by atoms with Crippen molar-refractivity contribution in [3.63, 3.8) is 0 Å². The van der Waals surface area contributed by atoms with Crippen molar-refractivity contribution in [1.82, 2.24) is 9.29 Å². The summed E-state index contributed by atoms with van der Waals surface area (Å²) in [5.41, 5.74) is 3.24. The molecule has 0 aromatic carbocycles. The number of nitrogens with one attached hydrogen (secondary N) is 1. The minimum atomic E-state index is -3.33. The van der Waals surface area contributed by atoms with E-state index in [0.29, 0.717) is 18.5 Å². The molecule has 0 fully saturated rings. The van der Waals surface area contributed by atoms with E-state index < -0.39 is 16.6 Å². The van der Waals surface area contributed by atoms with E-state index in [2.05, 4.69) is 16.0 Å². The van der Waals surface area contributed by atoms with E-state index in [1.54, 1.807) is 25.2 Å². The molecule has 2 aliphatic carbocycles. The molecule has 3 rings (SSSR count). The van der Waals surface area contributed by atoms with Crippen LogP contribution in [-0.4, -0.2) is 25.3 Å². The van der Waals surface area contributed by atoms with Gasteiger partial charge in [0, 0.05) is 22.8 Å². The number of halogens is 2. The Balaban J connectivity index is 2.02. The van der Waals surface area contributed by atoms with Gasteiger partial charge in [0.25, 0.3) is 0 Å². The van der Waals surface area contributed by atoms with Crippen molar-refractivity contribution in [2.24, 2.45) is 0 Å². The number of ether oxygens (including phenoxy) is 1. The maximum atomic E-state index is 12.6. The molecular formula is C20H22F2N2O3S. The van der Waals surface area contributed by atoms with Gasteiger partial charge in [-0.05, 0) is 56.0 Å². The minimum Gasteiger partial charge on any atom is -0.435 e. The summed E-state index contributed by atoms with van der Waals surface area (Å²) >= 11 is 0. The Morgan fingerprint density at radius 1 is 1.32 bits per heavy atom. The molecule has 0 bridgehead atoms. The molecule has 1 aromatic heterocycles. The second kappa shape index (κ2) is 7.79. The average Bonchev–Trinajstić information content (AvgIpc) is 3.00. The lowest BCUT2D eigenvalue weighted by Gasteiger charge is -2.13. The summed E-state index contributed by atoms with van der Waals surface area (Å²) in [7, 11) is -3.33. The van der Waals surface area contributed by atoms with E-state index in [-0.39, 0.29) is 11.5 Å². The van der Waals surface area contributed by atoms with E-state index in [9.17, 15) is 17.2 Å². The van der Waals surface area contributed by atoms with Gasteiger partial charge in [0.15, 0.2) is 0 Å². The van der Waals surface area contributed by atoms with Crippen LogP contribution in [0.2, 0.25) is 0 Å². The molecule has 0 saturated carbocycles. The smallest absolute Gasteiger partial charge is 0.387 e. The third kappa shape index (κ3) is 4.27. The number of sulfonamides is 1. The van der Waals surface area contributed by atoms with Gasteiger partial charge >= 0.3 is 6.61 Å². The van der Waals surface area contributed by atoms with Crippen LogP contribution >= 0.6 is 0 Å². The minimum absolute atomic E-state index is 0.00579. The lowest BCUT2D eigenvalue weighted by atomic mass is 10.1. The van der Waals surface area contributed by atoms with Crippen LogP contribution in [0.25, 0.3) is 17.3 Å². The Bertz CT molecular complexity index is 1120. The SMILES string of the molecule is C=C(C)n1c(=C2C=CC(NS(=O)(=O)CC)=CC2)cc2c1=CC(OC(F)F)=CC2. The largest absolute Gasteiger partial charge is 0.435 e. The lowest BCUT2D eigenvalue weighted by Crippen LogP contribution is -2.29. The number of hydrogen-bond donors (Lipinski definition) is 1. The van der Waals surface area contributed by atoms with Crippen molar-refractivity contribution in [3.8, 4) is 0 Å². The zero-order valence-electron chi connectivity index (χ0n) is 15.7. The van der Waals surface area contributed by atoms with Crippen molar-refractivity contribution in [1.29, 1.82) is 0 Å². The molecule has 1 N–H and O–H groups in total. The van der Waals surface area contributed by atoms with Crippen LogP contribution in [0, 0.1) is 0 Å². The molecule has 0 unspecified atom stereocenters. The first-order chi connectivity index (χ1) is 13.2. The van der Waals surface area contributed by atoms with Gasteiger partial charge in [0.2, 0.25) is 10.0 Å². The predicted molar refractivity (Wildman–Crippen MR) is 106 cm³/mol. The summed E-state index contributed by atoms with van der Waals surface area (Å²) in [6.07, 6.45) is 9.61. The molecule has 0 atom stereocenters. The Hall–Kier alpha value is -2.61. The Labute approximate surface area is 162 Å². The average molecular weight is 408 g/mol. The maximum Gasteiger partial charge on any atom is 0.387 e.